The third-order valence-corrected chi connectivity index (χ3v) is 4.63. The Hall–Kier alpha value is -2.51. The first-order valence-corrected chi connectivity index (χ1v) is 9.05. The van der Waals surface area contributed by atoms with Crippen molar-refractivity contribution in [2.45, 2.75) is 11.4 Å². The van der Waals surface area contributed by atoms with Gasteiger partial charge in [-0.1, -0.05) is 41.6 Å². The first kappa shape index (κ1) is 16.0. The molecule has 0 spiro atoms. The summed E-state index contributed by atoms with van der Waals surface area (Å²) in [5.74, 6) is 0.416. The van der Waals surface area contributed by atoms with Crippen LogP contribution < -0.4 is 10.1 Å². The molecule has 0 fully saturated rings. The normalized spacial score (nSPS) is 15.4. The van der Waals surface area contributed by atoms with Crippen molar-refractivity contribution in [3.05, 3.63) is 53.1 Å². The summed E-state index contributed by atoms with van der Waals surface area (Å²) < 4.78 is 6.08. The highest BCUT2D eigenvalue weighted by Gasteiger charge is 2.26. The topological polar surface area (TPSA) is 80.2 Å². The van der Waals surface area contributed by atoms with Crippen LogP contribution in [-0.2, 0) is 0 Å². The molecule has 126 valence electrons. The van der Waals surface area contributed by atoms with E-state index in [-0.39, 0.29) is 10.8 Å². The van der Waals surface area contributed by atoms with E-state index in [0.717, 1.165) is 16.8 Å². The summed E-state index contributed by atoms with van der Waals surface area (Å²) in [5.41, 5.74) is 3.05. The van der Waals surface area contributed by atoms with Gasteiger partial charge in [0.05, 0.1) is 5.02 Å². The predicted octanol–water partition coefficient (Wildman–Crippen LogP) is 4.12. The van der Waals surface area contributed by atoms with Crippen LogP contribution in [0.5, 0.6) is 11.6 Å². The van der Waals surface area contributed by atoms with Crippen LogP contribution in [0.15, 0.2) is 47.6 Å². The molecule has 25 heavy (non-hydrogen) atoms. The summed E-state index contributed by atoms with van der Waals surface area (Å²) in [6.07, 6.45) is 1.34. The van der Waals surface area contributed by atoms with Gasteiger partial charge in [0.15, 0.2) is 11.9 Å². The van der Waals surface area contributed by atoms with Gasteiger partial charge in [0.25, 0.3) is 0 Å². The molecule has 2 N–H and O–H groups in total. The molecule has 1 aliphatic heterocycles. The number of halogens is 1. The summed E-state index contributed by atoms with van der Waals surface area (Å²) in [6.45, 7) is 0. The van der Waals surface area contributed by atoms with Crippen LogP contribution in [0.4, 0.5) is 5.69 Å². The number of hydrogen-bond donors (Lipinski definition) is 2. The molecular formula is C17H13ClN4O2S. The largest absolute Gasteiger partial charge is 0.506 e. The van der Waals surface area contributed by atoms with Crippen molar-refractivity contribution >= 4 is 29.1 Å². The average molecular weight is 373 g/mol. The fraction of sp³-hybridized carbons (Fsp3) is 0.118. The van der Waals surface area contributed by atoms with Crippen molar-refractivity contribution in [3.8, 4) is 22.9 Å². The Balaban J connectivity index is 1.85. The maximum Gasteiger partial charge on any atom is 0.247 e. The number of aromatic nitrogens is 3. The molecule has 1 aliphatic rings. The lowest BCUT2D eigenvalue weighted by Crippen LogP contribution is -2.17. The van der Waals surface area contributed by atoms with Crippen molar-refractivity contribution in [2.24, 2.45) is 0 Å². The van der Waals surface area contributed by atoms with E-state index in [1.54, 1.807) is 12.1 Å². The highest BCUT2D eigenvalue weighted by atomic mass is 35.5. The summed E-state index contributed by atoms with van der Waals surface area (Å²) in [5, 5.41) is 22.2. The van der Waals surface area contributed by atoms with E-state index in [0.29, 0.717) is 16.7 Å². The number of phenolic OH excluding ortho intramolecular Hbond substituents is 1. The molecule has 0 aliphatic carbocycles. The standard InChI is InChI=1S/C17H13ClN4O2S/c1-25-17-20-16-14(21-22-17)10-4-2-3-5-12(10)19-15(24-16)9-6-7-13(23)11(18)8-9/h2-8,15,19,23H,1H3. The number of nitrogens with zero attached hydrogens (tertiary/aromatic N) is 3. The first-order valence-electron chi connectivity index (χ1n) is 7.45. The monoisotopic (exact) mass is 372 g/mol. The van der Waals surface area contributed by atoms with Crippen molar-refractivity contribution in [2.75, 3.05) is 11.6 Å². The molecule has 3 aromatic rings. The van der Waals surface area contributed by atoms with Crippen molar-refractivity contribution in [1.29, 1.82) is 0 Å². The maximum atomic E-state index is 9.65. The number of anilines is 1. The van der Waals surface area contributed by atoms with Gasteiger partial charge in [-0.3, -0.25) is 0 Å². The number of aromatic hydroxyl groups is 1. The Bertz CT molecular complexity index is 954. The Morgan fingerprint density at radius 2 is 2.04 bits per heavy atom. The number of rotatable bonds is 2. The molecule has 0 amide bonds. The maximum absolute atomic E-state index is 9.65. The van der Waals surface area contributed by atoms with Gasteiger partial charge < -0.3 is 15.2 Å². The minimum atomic E-state index is -0.535. The van der Waals surface area contributed by atoms with Crippen molar-refractivity contribution < 1.29 is 9.84 Å². The van der Waals surface area contributed by atoms with Crippen LogP contribution in [-0.4, -0.2) is 26.5 Å². The molecule has 0 saturated heterocycles. The molecule has 1 aromatic heterocycles. The summed E-state index contributed by atoms with van der Waals surface area (Å²) in [6, 6.07) is 12.7. The third kappa shape index (κ3) is 2.96. The molecule has 1 atom stereocenters. The number of thioether (sulfide) groups is 1. The van der Waals surface area contributed by atoms with Gasteiger partial charge in [0.1, 0.15) is 5.75 Å². The van der Waals surface area contributed by atoms with E-state index in [2.05, 4.69) is 20.5 Å². The zero-order valence-electron chi connectivity index (χ0n) is 13.1. The first-order chi connectivity index (χ1) is 12.2. The number of benzene rings is 2. The van der Waals surface area contributed by atoms with E-state index in [4.69, 9.17) is 16.3 Å². The second-order valence-electron chi connectivity index (χ2n) is 5.35. The van der Waals surface area contributed by atoms with Crippen LogP contribution >= 0.6 is 23.4 Å². The Kier molecular flexibility index (Phi) is 4.10. The van der Waals surface area contributed by atoms with Crippen LogP contribution in [0.1, 0.15) is 11.8 Å². The molecule has 1 unspecified atom stereocenters. The van der Waals surface area contributed by atoms with Gasteiger partial charge in [-0.15, -0.1) is 10.2 Å². The van der Waals surface area contributed by atoms with Gasteiger partial charge in [0, 0.05) is 16.8 Å². The number of phenols is 1. The van der Waals surface area contributed by atoms with Crippen LogP contribution in [0.2, 0.25) is 5.02 Å². The third-order valence-electron chi connectivity index (χ3n) is 3.79. The van der Waals surface area contributed by atoms with Gasteiger partial charge >= 0.3 is 0 Å². The van der Waals surface area contributed by atoms with Gasteiger partial charge in [-0.05, 0) is 30.5 Å². The zero-order valence-corrected chi connectivity index (χ0v) is 14.7. The average Bonchev–Trinajstić information content (AvgIpc) is 2.80. The van der Waals surface area contributed by atoms with Crippen molar-refractivity contribution in [3.63, 3.8) is 0 Å². The number of nitrogens with one attached hydrogen (secondary N) is 1. The fourth-order valence-electron chi connectivity index (χ4n) is 2.57. The van der Waals surface area contributed by atoms with Gasteiger partial charge in [-0.25, -0.2) is 0 Å². The Morgan fingerprint density at radius 1 is 1.20 bits per heavy atom. The van der Waals surface area contributed by atoms with E-state index in [9.17, 15) is 5.11 Å². The zero-order chi connectivity index (χ0) is 17.4. The van der Waals surface area contributed by atoms with E-state index >= 15 is 0 Å². The molecular weight excluding hydrogens is 360 g/mol. The van der Waals surface area contributed by atoms with E-state index in [1.165, 1.54) is 17.8 Å². The lowest BCUT2D eigenvalue weighted by molar-refractivity contribution is 0.225. The number of fused-ring (bicyclic) bond motifs is 3. The predicted molar refractivity (Wildman–Crippen MR) is 97.2 cm³/mol. The summed E-state index contributed by atoms with van der Waals surface area (Å²) >= 11 is 7.44. The molecule has 2 heterocycles. The second kappa shape index (κ2) is 6.42. The van der Waals surface area contributed by atoms with Gasteiger partial charge in [0.2, 0.25) is 11.0 Å². The Morgan fingerprint density at radius 3 is 2.84 bits per heavy atom. The summed E-state index contributed by atoms with van der Waals surface area (Å²) in [7, 11) is 0. The highest BCUT2D eigenvalue weighted by Crippen LogP contribution is 2.40. The molecule has 8 heteroatoms. The second-order valence-corrected chi connectivity index (χ2v) is 6.53. The quantitative estimate of drug-likeness (QED) is 0.655. The minimum Gasteiger partial charge on any atom is -0.506 e. The number of para-hydroxylation sites is 1. The minimum absolute atomic E-state index is 0.0218. The SMILES string of the molecule is CSc1nnc2c(n1)OC(c1ccc(O)c(Cl)c1)Nc1ccccc1-2. The van der Waals surface area contributed by atoms with E-state index in [1.807, 2.05) is 30.5 Å². The Labute approximate surface area is 153 Å². The summed E-state index contributed by atoms with van der Waals surface area (Å²) in [4.78, 5) is 4.45. The lowest BCUT2D eigenvalue weighted by Gasteiger charge is -2.19. The van der Waals surface area contributed by atoms with Crippen LogP contribution in [0.3, 0.4) is 0 Å². The fourth-order valence-corrected chi connectivity index (χ4v) is 3.06. The van der Waals surface area contributed by atoms with E-state index < -0.39 is 6.23 Å². The lowest BCUT2D eigenvalue weighted by atomic mass is 10.1. The van der Waals surface area contributed by atoms with Crippen LogP contribution in [0.25, 0.3) is 11.3 Å². The smallest absolute Gasteiger partial charge is 0.247 e. The molecule has 6 nitrogen and oxygen atoms in total. The number of hydrogen-bond acceptors (Lipinski definition) is 7. The molecule has 2 aromatic carbocycles. The molecule has 0 radical (unpaired) electrons. The number of ether oxygens (including phenoxy) is 1. The molecule has 4 rings (SSSR count). The van der Waals surface area contributed by atoms with Crippen molar-refractivity contribution in [1.82, 2.24) is 15.2 Å². The molecule has 0 saturated carbocycles. The highest BCUT2D eigenvalue weighted by molar-refractivity contribution is 7.98. The van der Waals surface area contributed by atoms with Crippen LogP contribution in [0, 0.1) is 0 Å². The van der Waals surface area contributed by atoms with Gasteiger partial charge in [-0.2, -0.15) is 4.98 Å². The molecule has 0 bridgehead atoms.